The molecule has 2 aliphatic heterocycles. The summed E-state index contributed by atoms with van der Waals surface area (Å²) in [5, 5.41) is 11.1. The van der Waals surface area contributed by atoms with Gasteiger partial charge in [-0.2, -0.15) is 5.10 Å². The van der Waals surface area contributed by atoms with E-state index in [1.807, 2.05) is 28.8 Å². The van der Waals surface area contributed by atoms with Crippen LogP contribution in [0.2, 0.25) is 0 Å². The molecule has 4 rings (SSSR count). The maximum atomic E-state index is 12.7. The molecule has 1 amide bonds. The fraction of sp³-hybridized carbons (Fsp3) is 0.588. The van der Waals surface area contributed by atoms with E-state index in [2.05, 4.69) is 25.7 Å². The second-order valence-electron chi connectivity index (χ2n) is 6.73. The first kappa shape index (κ1) is 19.1. The number of aryl methyl sites for hydroxylation is 1. The summed E-state index contributed by atoms with van der Waals surface area (Å²) in [6.45, 7) is 7.11. The van der Waals surface area contributed by atoms with E-state index in [1.165, 1.54) is 0 Å². The van der Waals surface area contributed by atoms with Gasteiger partial charge in [0.15, 0.2) is 5.13 Å². The smallest absolute Gasteiger partial charge is 0.274 e. The zero-order valence-electron chi connectivity index (χ0n) is 14.9. The quantitative estimate of drug-likeness (QED) is 0.859. The minimum atomic E-state index is 0. The minimum absolute atomic E-state index is 0. The average Bonchev–Trinajstić information content (AvgIpc) is 3.31. The Bertz CT molecular complexity index is 733. The van der Waals surface area contributed by atoms with Crippen LogP contribution in [-0.2, 0) is 0 Å². The van der Waals surface area contributed by atoms with E-state index >= 15 is 0 Å². The Morgan fingerprint density at radius 1 is 1.31 bits per heavy atom. The van der Waals surface area contributed by atoms with Gasteiger partial charge >= 0.3 is 0 Å². The van der Waals surface area contributed by atoms with Crippen LogP contribution in [-0.4, -0.2) is 64.8 Å². The van der Waals surface area contributed by atoms with Crippen LogP contribution < -0.4 is 10.2 Å². The maximum absolute atomic E-state index is 12.7. The van der Waals surface area contributed by atoms with Gasteiger partial charge in [-0.15, -0.1) is 23.7 Å². The molecule has 142 valence electrons. The number of thiazole rings is 1. The molecule has 26 heavy (non-hydrogen) atoms. The van der Waals surface area contributed by atoms with Crippen molar-refractivity contribution in [2.24, 2.45) is 0 Å². The van der Waals surface area contributed by atoms with Gasteiger partial charge in [0.05, 0.1) is 11.7 Å². The molecule has 0 aromatic carbocycles. The number of aromatic nitrogens is 3. The first-order valence-corrected chi connectivity index (χ1v) is 9.81. The molecule has 1 unspecified atom stereocenters. The number of anilines is 1. The Morgan fingerprint density at radius 2 is 2.12 bits per heavy atom. The van der Waals surface area contributed by atoms with Crippen LogP contribution >= 0.6 is 23.7 Å². The third-order valence-electron chi connectivity index (χ3n) is 4.92. The predicted molar refractivity (Wildman–Crippen MR) is 106 cm³/mol. The summed E-state index contributed by atoms with van der Waals surface area (Å²) >= 11 is 1.67. The molecule has 0 aliphatic carbocycles. The number of piperidine rings is 1. The molecule has 9 heteroatoms. The highest BCUT2D eigenvalue weighted by Gasteiger charge is 2.25. The topological polar surface area (TPSA) is 66.3 Å². The number of nitrogens with one attached hydrogen (secondary N) is 1. The van der Waals surface area contributed by atoms with Gasteiger partial charge in [-0.1, -0.05) is 0 Å². The molecule has 0 radical (unpaired) electrons. The number of carbonyl (C=O) groups is 1. The van der Waals surface area contributed by atoms with Gasteiger partial charge < -0.3 is 15.1 Å². The van der Waals surface area contributed by atoms with Gasteiger partial charge in [0.1, 0.15) is 5.69 Å². The molecular weight excluding hydrogens is 372 g/mol. The van der Waals surface area contributed by atoms with Gasteiger partial charge in [-0.05, 0) is 32.4 Å². The normalized spacial score (nSPS) is 20.7. The molecule has 7 nitrogen and oxygen atoms in total. The number of nitrogens with zero attached hydrogens (tertiary/aromatic N) is 5. The SMILES string of the molecule is Cc1csc(N2CCN(C(=O)c3ccn(C4CCCNC4)n3)CC2)n1.Cl. The number of halogens is 1. The minimum Gasteiger partial charge on any atom is -0.345 e. The van der Waals surface area contributed by atoms with Crippen molar-refractivity contribution < 1.29 is 4.79 Å². The number of carbonyl (C=O) groups excluding carboxylic acids is 1. The van der Waals surface area contributed by atoms with Crippen LogP contribution in [0.25, 0.3) is 0 Å². The molecule has 1 atom stereocenters. The number of hydrogen-bond donors (Lipinski definition) is 1. The highest BCUT2D eigenvalue weighted by atomic mass is 35.5. The number of piperazine rings is 1. The first-order valence-electron chi connectivity index (χ1n) is 8.93. The van der Waals surface area contributed by atoms with E-state index in [1.54, 1.807) is 11.3 Å². The molecule has 2 aromatic rings. The lowest BCUT2D eigenvalue weighted by Gasteiger charge is -2.34. The fourth-order valence-electron chi connectivity index (χ4n) is 3.46. The first-order chi connectivity index (χ1) is 12.2. The van der Waals surface area contributed by atoms with Crippen LogP contribution in [0, 0.1) is 6.92 Å². The van der Waals surface area contributed by atoms with Crippen molar-refractivity contribution >= 4 is 34.8 Å². The molecular formula is C17H25ClN6OS. The molecule has 4 heterocycles. The Hall–Kier alpha value is -1.64. The second kappa shape index (κ2) is 8.37. The highest BCUT2D eigenvalue weighted by Crippen LogP contribution is 2.22. The van der Waals surface area contributed by atoms with Crippen molar-refractivity contribution in [2.45, 2.75) is 25.8 Å². The summed E-state index contributed by atoms with van der Waals surface area (Å²) in [5.74, 6) is 0.0393. The molecule has 2 saturated heterocycles. The monoisotopic (exact) mass is 396 g/mol. The predicted octanol–water partition coefficient (Wildman–Crippen LogP) is 1.96. The number of hydrogen-bond acceptors (Lipinski definition) is 6. The van der Waals surface area contributed by atoms with Crippen LogP contribution in [0.5, 0.6) is 0 Å². The van der Waals surface area contributed by atoms with Crippen molar-refractivity contribution in [2.75, 3.05) is 44.2 Å². The summed E-state index contributed by atoms with van der Waals surface area (Å²) in [6, 6.07) is 2.22. The van der Waals surface area contributed by atoms with Crippen molar-refractivity contribution in [3.63, 3.8) is 0 Å². The standard InChI is InChI=1S/C17H24N6OS.ClH/c1-13-12-25-17(19-13)22-9-7-21(8-10-22)16(24)15-4-6-23(20-15)14-3-2-5-18-11-14;/h4,6,12,14,18H,2-3,5,7-11H2,1H3;1H. The molecule has 2 aliphatic rings. The van der Waals surface area contributed by atoms with E-state index in [-0.39, 0.29) is 18.3 Å². The van der Waals surface area contributed by atoms with Gasteiger partial charge in [-0.25, -0.2) is 4.98 Å². The van der Waals surface area contributed by atoms with E-state index in [0.717, 1.165) is 62.9 Å². The van der Waals surface area contributed by atoms with Crippen molar-refractivity contribution in [1.82, 2.24) is 25.0 Å². The summed E-state index contributed by atoms with van der Waals surface area (Å²) in [6.07, 6.45) is 4.22. The Kier molecular flexibility index (Phi) is 6.16. The summed E-state index contributed by atoms with van der Waals surface area (Å²) in [4.78, 5) is 21.4. The zero-order chi connectivity index (χ0) is 17.2. The van der Waals surface area contributed by atoms with E-state index in [0.29, 0.717) is 11.7 Å². The number of amides is 1. The summed E-state index contributed by atoms with van der Waals surface area (Å²) < 4.78 is 1.95. The number of rotatable bonds is 3. The molecule has 0 saturated carbocycles. The second-order valence-corrected chi connectivity index (χ2v) is 7.57. The van der Waals surface area contributed by atoms with Gasteiger partial charge in [0.2, 0.25) is 0 Å². The Labute approximate surface area is 163 Å². The lowest BCUT2D eigenvalue weighted by Crippen LogP contribution is -2.49. The van der Waals surface area contributed by atoms with Crippen molar-refractivity contribution in [3.05, 3.63) is 29.0 Å². The van der Waals surface area contributed by atoms with E-state index in [9.17, 15) is 4.79 Å². The van der Waals surface area contributed by atoms with E-state index in [4.69, 9.17) is 0 Å². The third-order valence-corrected chi connectivity index (χ3v) is 5.94. The van der Waals surface area contributed by atoms with Gasteiger partial charge in [-0.3, -0.25) is 9.48 Å². The molecule has 2 aromatic heterocycles. The third kappa shape index (κ3) is 4.02. The summed E-state index contributed by atoms with van der Waals surface area (Å²) in [7, 11) is 0. The lowest BCUT2D eigenvalue weighted by molar-refractivity contribution is 0.0739. The molecule has 0 spiro atoms. The van der Waals surface area contributed by atoms with Crippen LogP contribution in [0.15, 0.2) is 17.6 Å². The van der Waals surface area contributed by atoms with Crippen molar-refractivity contribution in [3.8, 4) is 0 Å². The average molecular weight is 397 g/mol. The van der Waals surface area contributed by atoms with Gasteiger partial charge in [0.25, 0.3) is 5.91 Å². The Morgan fingerprint density at radius 3 is 2.77 bits per heavy atom. The van der Waals surface area contributed by atoms with Crippen LogP contribution in [0.3, 0.4) is 0 Å². The fourth-order valence-corrected chi connectivity index (χ4v) is 4.32. The highest BCUT2D eigenvalue weighted by molar-refractivity contribution is 7.13. The zero-order valence-corrected chi connectivity index (χ0v) is 16.6. The summed E-state index contributed by atoms with van der Waals surface area (Å²) in [5.41, 5.74) is 1.62. The van der Waals surface area contributed by atoms with E-state index < -0.39 is 0 Å². The molecule has 2 fully saturated rings. The molecule has 0 bridgehead atoms. The largest absolute Gasteiger partial charge is 0.345 e. The molecule has 1 N–H and O–H groups in total. The van der Waals surface area contributed by atoms with Crippen LogP contribution in [0.4, 0.5) is 5.13 Å². The van der Waals surface area contributed by atoms with Gasteiger partial charge in [0, 0.05) is 44.3 Å². The van der Waals surface area contributed by atoms with Crippen LogP contribution in [0.1, 0.15) is 35.1 Å². The van der Waals surface area contributed by atoms with Crippen molar-refractivity contribution in [1.29, 1.82) is 0 Å². The lowest BCUT2D eigenvalue weighted by atomic mass is 10.1. The maximum Gasteiger partial charge on any atom is 0.274 e. The Balaban J connectivity index is 0.00000196.